The molecule has 0 radical (unpaired) electrons. The van der Waals surface area contributed by atoms with E-state index in [0.29, 0.717) is 5.02 Å². The second-order valence-corrected chi connectivity index (χ2v) is 5.13. The van der Waals surface area contributed by atoms with Crippen molar-refractivity contribution >= 4 is 46.6 Å². The molecule has 0 atom stereocenters. The average molecular weight is 345 g/mol. The Bertz CT molecular complexity index is 690. The topological polar surface area (TPSA) is 71.1 Å². The van der Waals surface area contributed by atoms with E-state index in [1.165, 1.54) is 30.5 Å². The Morgan fingerprint density at radius 3 is 2.33 bits per heavy atom. The van der Waals surface area contributed by atoms with Crippen LogP contribution in [0, 0.1) is 0 Å². The average Bonchev–Trinajstić information content (AvgIpc) is 2.47. The van der Waals surface area contributed by atoms with Crippen molar-refractivity contribution in [2.24, 2.45) is 0 Å². The van der Waals surface area contributed by atoms with Crippen LogP contribution in [0.2, 0.25) is 15.2 Å². The molecule has 0 aliphatic rings. The van der Waals surface area contributed by atoms with Gasteiger partial charge in [-0.2, -0.15) is 0 Å². The summed E-state index contributed by atoms with van der Waals surface area (Å²) in [7, 11) is 0. The first-order chi connectivity index (χ1) is 9.97. The normalized spacial score (nSPS) is 10.0. The minimum atomic E-state index is -0.585. The predicted octanol–water partition coefficient (Wildman–Crippen LogP) is 3.12. The van der Waals surface area contributed by atoms with Gasteiger partial charge in [0.15, 0.2) is 0 Å². The Morgan fingerprint density at radius 1 is 0.952 bits per heavy atom. The first-order valence-electron chi connectivity index (χ1n) is 5.64. The summed E-state index contributed by atoms with van der Waals surface area (Å²) in [6, 6.07) is 7.38. The molecule has 2 rings (SSSR count). The SMILES string of the molecule is O=C(NNC(=O)c1cc(Cl)ccc1Cl)c1ccc(Cl)nc1. The molecule has 8 heteroatoms. The Balaban J connectivity index is 2.02. The van der Waals surface area contributed by atoms with E-state index in [-0.39, 0.29) is 21.3 Å². The number of amides is 2. The highest BCUT2D eigenvalue weighted by Gasteiger charge is 2.13. The molecule has 5 nitrogen and oxygen atoms in total. The van der Waals surface area contributed by atoms with E-state index >= 15 is 0 Å². The maximum Gasteiger partial charge on any atom is 0.271 e. The van der Waals surface area contributed by atoms with E-state index in [2.05, 4.69) is 15.8 Å². The van der Waals surface area contributed by atoms with Crippen LogP contribution in [0.4, 0.5) is 0 Å². The quantitative estimate of drug-likeness (QED) is 0.649. The lowest BCUT2D eigenvalue weighted by Crippen LogP contribution is -2.41. The zero-order valence-electron chi connectivity index (χ0n) is 10.4. The molecule has 0 saturated heterocycles. The van der Waals surface area contributed by atoms with Gasteiger partial charge in [0.1, 0.15) is 5.15 Å². The fourth-order valence-corrected chi connectivity index (χ4v) is 1.92. The van der Waals surface area contributed by atoms with Crippen molar-refractivity contribution in [2.75, 3.05) is 0 Å². The summed E-state index contributed by atoms with van der Waals surface area (Å²) in [6.45, 7) is 0. The van der Waals surface area contributed by atoms with Gasteiger partial charge in [-0.1, -0.05) is 34.8 Å². The number of hydrogen-bond acceptors (Lipinski definition) is 3. The highest BCUT2D eigenvalue weighted by Crippen LogP contribution is 2.20. The standard InChI is InChI=1S/C13H8Cl3N3O2/c14-8-2-3-10(15)9(5-8)13(21)19-18-12(20)7-1-4-11(16)17-6-7/h1-6H,(H,18,20)(H,19,21). The number of carbonyl (C=O) groups excluding carboxylic acids is 2. The van der Waals surface area contributed by atoms with Crippen LogP contribution < -0.4 is 10.9 Å². The van der Waals surface area contributed by atoms with Gasteiger partial charge in [-0.15, -0.1) is 0 Å². The van der Waals surface area contributed by atoms with Crippen LogP contribution in [0.15, 0.2) is 36.5 Å². The number of nitrogens with zero attached hydrogens (tertiary/aromatic N) is 1. The van der Waals surface area contributed by atoms with Crippen molar-refractivity contribution in [1.82, 2.24) is 15.8 Å². The fourth-order valence-electron chi connectivity index (χ4n) is 1.43. The summed E-state index contributed by atoms with van der Waals surface area (Å²) in [5.74, 6) is -1.12. The summed E-state index contributed by atoms with van der Waals surface area (Å²) in [6.07, 6.45) is 1.29. The maximum atomic E-state index is 11.9. The number of pyridine rings is 1. The molecule has 21 heavy (non-hydrogen) atoms. The highest BCUT2D eigenvalue weighted by atomic mass is 35.5. The monoisotopic (exact) mass is 343 g/mol. The molecule has 108 valence electrons. The molecular weight excluding hydrogens is 337 g/mol. The van der Waals surface area contributed by atoms with Gasteiger partial charge in [-0.25, -0.2) is 4.98 Å². The molecule has 0 saturated carbocycles. The summed E-state index contributed by atoms with van der Waals surface area (Å²) in [5, 5.41) is 0.846. The second kappa shape index (κ2) is 6.76. The van der Waals surface area contributed by atoms with Gasteiger partial charge >= 0.3 is 0 Å². The van der Waals surface area contributed by atoms with Crippen molar-refractivity contribution in [3.8, 4) is 0 Å². The first-order valence-corrected chi connectivity index (χ1v) is 6.78. The smallest absolute Gasteiger partial charge is 0.267 e. The number of nitrogens with one attached hydrogen (secondary N) is 2. The van der Waals surface area contributed by atoms with Crippen LogP contribution in [-0.4, -0.2) is 16.8 Å². The zero-order chi connectivity index (χ0) is 15.4. The fraction of sp³-hybridized carbons (Fsp3) is 0. The third-order valence-corrected chi connectivity index (χ3v) is 3.24. The van der Waals surface area contributed by atoms with Crippen LogP contribution in [0.25, 0.3) is 0 Å². The van der Waals surface area contributed by atoms with Crippen LogP contribution in [0.3, 0.4) is 0 Å². The van der Waals surface area contributed by atoms with Crippen molar-refractivity contribution in [3.05, 3.63) is 62.9 Å². The van der Waals surface area contributed by atoms with Crippen LogP contribution in [0.5, 0.6) is 0 Å². The predicted molar refractivity (Wildman–Crippen MR) is 80.6 cm³/mol. The molecule has 0 bridgehead atoms. The number of benzene rings is 1. The minimum Gasteiger partial charge on any atom is -0.267 e. The summed E-state index contributed by atoms with van der Waals surface area (Å²) in [5.41, 5.74) is 4.88. The molecule has 0 spiro atoms. The third kappa shape index (κ3) is 4.07. The number of carbonyl (C=O) groups is 2. The van der Waals surface area contributed by atoms with Gasteiger partial charge < -0.3 is 0 Å². The van der Waals surface area contributed by atoms with Crippen LogP contribution >= 0.6 is 34.8 Å². The molecule has 0 aliphatic carbocycles. The number of hydrogen-bond donors (Lipinski definition) is 2. The molecular formula is C13H8Cl3N3O2. The lowest BCUT2D eigenvalue weighted by molar-refractivity contribution is 0.0846. The molecule has 0 unspecified atom stereocenters. The van der Waals surface area contributed by atoms with E-state index < -0.39 is 11.8 Å². The summed E-state index contributed by atoms with van der Waals surface area (Å²) >= 11 is 17.3. The van der Waals surface area contributed by atoms with Gasteiger partial charge in [0.05, 0.1) is 16.1 Å². The van der Waals surface area contributed by atoms with E-state index in [1.54, 1.807) is 6.07 Å². The Kier molecular flexibility index (Phi) is 5.01. The molecule has 2 N–H and O–H groups in total. The number of hydrazine groups is 1. The molecule has 1 aromatic carbocycles. The lowest BCUT2D eigenvalue weighted by Gasteiger charge is -2.08. The van der Waals surface area contributed by atoms with Gasteiger partial charge in [-0.3, -0.25) is 20.4 Å². The third-order valence-electron chi connectivity index (χ3n) is 2.45. The van der Waals surface area contributed by atoms with E-state index in [9.17, 15) is 9.59 Å². The van der Waals surface area contributed by atoms with Crippen molar-refractivity contribution in [2.45, 2.75) is 0 Å². The zero-order valence-corrected chi connectivity index (χ0v) is 12.6. The van der Waals surface area contributed by atoms with E-state index in [0.717, 1.165) is 0 Å². The summed E-state index contributed by atoms with van der Waals surface area (Å²) in [4.78, 5) is 27.4. The largest absolute Gasteiger partial charge is 0.271 e. The maximum absolute atomic E-state index is 11.9. The lowest BCUT2D eigenvalue weighted by atomic mass is 10.2. The van der Waals surface area contributed by atoms with Crippen molar-refractivity contribution in [1.29, 1.82) is 0 Å². The summed E-state index contributed by atoms with van der Waals surface area (Å²) < 4.78 is 0. The number of rotatable bonds is 2. The molecule has 2 amide bonds. The van der Waals surface area contributed by atoms with Crippen molar-refractivity contribution < 1.29 is 9.59 Å². The van der Waals surface area contributed by atoms with Gasteiger partial charge in [0.25, 0.3) is 11.8 Å². The van der Waals surface area contributed by atoms with Crippen LogP contribution in [-0.2, 0) is 0 Å². The Labute approximate surface area is 135 Å². The number of halogens is 3. The van der Waals surface area contributed by atoms with Gasteiger partial charge in [0.2, 0.25) is 0 Å². The Hall–Kier alpha value is -1.82. The van der Waals surface area contributed by atoms with Gasteiger partial charge in [-0.05, 0) is 30.3 Å². The molecule has 1 heterocycles. The number of aromatic nitrogens is 1. The Morgan fingerprint density at radius 2 is 1.67 bits per heavy atom. The van der Waals surface area contributed by atoms with E-state index in [1.807, 2.05) is 0 Å². The first kappa shape index (κ1) is 15.6. The highest BCUT2D eigenvalue weighted by molar-refractivity contribution is 6.35. The molecule has 2 aromatic rings. The van der Waals surface area contributed by atoms with Crippen molar-refractivity contribution in [3.63, 3.8) is 0 Å². The van der Waals surface area contributed by atoms with Crippen LogP contribution in [0.1, 0.15) is 20.7 Å². The van der Waals surface area contributed by atoms with Gasteiger partial charge in [0, 0.05) is 11.2 Å². The molecule has 0 aliphatic heterocycles. The molecule has 0 fully saturated rings. The second-order valence-electron chi connectivity index (χ2n) is 3.90. The molecule has 1 aromatic heterocycles. The van der Waals surface area contributed by atoms with E-state index in [4.69, 9.17) is 34.8 Å². The minimum absolute atomic E-state index is 0.152.